The monoisotopic (exact) mass is 362 g/mol. The van der Waals surface area contributed by atoms with E-state index < -0.39 is 11.8 Å². The van der Waals surface area contributed by atoms with Crippen molar-refractivity contribution in [2.24, 2.45) is 0 Å². The van der Waals surface area contributed by atoms with Gasteiger partial charge >= 0.3 is 11.8 Å². The van der Waals surface area contributed by atoms with Gasteiger partial charge in [-0.1, -0.05) is 34.1 Å². The number of anilines is 1. The molecule has 0 fully saturated rings. The first-order chi connectivity index (χ1) is 10.5. The zero-order chi connectivity index (χ0) is 15.9. The fourth-order valence-corrected chi connectivity index (χ4v) is 2.22. The number of carbonyl (C=O) groups excluding carboxylic acids is 2. The van der Waals surface area contributed by atoms with Crippen molar-refractivity contribution in [3.05, 3.63) is 58.6 Å². The van der Waals surface area contributed by atoms with Gasteiger partial charge in [0.05, 0.1) is 0 Å². The molecule has 0 aromatic heterocycles. The van der Waals surface area contributed by atoms with Crippen LogP contribution in [0.5, 0.6) is 5.75 Å². The molecule has 0 aliphatic heterocycles. The van der Waals surface area contributed by atoms with Gasteiger partial charge in [0.1, 0.15) is 5.75 Å². The van der Waals surface area contributed by atoms with Gasteiger partial charge in [0.2, 0.25) is 0 Å². The lowest BCUT2D eigenvalue weighted by Crippen LogP contribution is -2.36. The molecule has 3 N–H and O–H groups in total. The molecule has 0 radical (unpaired) electrons. The number of nitrogens with one attached hydrogen (secondary N) is 2. The van der Waals surface area contributed by atoms with Crippen molar-refractivity contribution in [3.8, 4) is 5.75 Å². The third-order valence-corrected chi connectivity index (χ3v) is 3.42. The molecular formula is C16H15BrN2O3. The van der Waals surface area contributed by atoms with Crippen molar-refractivity contribution in [3.63, 3.8) is 0 Å². The molecule has 2 amide bonds. The Labute approximate surface area is 136 Å². The van der Waals surface area contributed by atoms with Gasteiger partial charge in [0.15, 0.2) is 0 Å². The van der Waals surface area contributed by atoms with Crippen LogP contribution in [-0.4, -0.2) is 23.5 Å². The molecule has 5 nitrogen and oxygen atoms in total. The second kappa shape index (κ2) is 7.61. The van der Waals surface area contributed by atoms with Crippen molar-refractivity contribution < 1.29 is 14.7 Å². The maximum absolute atomic E-state index is 11.7. The largest absolute Gasteiger partial charge is 0.508 e. The Bertz CT molecular complexity index is 671. The lowest BCUT2D eigenvalue weighted by atomic mass is 10.1. The minimum absolute atomic E-state index is 0.196. The number of aromatic hydroxyl groups is 1. The summed E-state index contributed by atoms with van der Waals surface area (Å²) in [5, 5.41) is 14.3. The highest BCUT2D eigenvalue weighted by atomic mass is 79.9. The van der Waals surface area contributed by atoms with Crippen LogP contribution in [0.2, 0.25) is 0 Å². The van der Waals surface area contributed by atoms with E-state index in [9.17, 15) is 14.7 Å². The Balaban J connectivity index is 1.79. The second-order valence-electron chi connectivity index (χ2n) is 4.64. The smallest absolute Gasteiger partial charge is 0.313 e. The highest BCUT2D eigenvalue weighted by Crippen LogP contribution is 2.15. The van der Waals surface area contributed by atoms with Gasteiger partial charge in [0.25, 0.3) is 0 Å². The molecule has 0 unspecified atom stereocenters. The molecule has 0 bridgehead atoms. The minimum atomic E-state index is -0.705. The molecular weight excluding hydrogens is 348 g/mol. The molecule has 2 aromatic carbocycles. The van der Waals surface area contributed by atoms with Crippen LogP contribution in [0.4, 0.5) is 5.69 Å². The normalized spacial score (nSPS) is 10.0. The number of hydrogen-bond acceptors (Lipinski definition) is 3. The Morgan fingerprint density at radius 2 is 1.77 bits per heavy atom. The maximum atomic E-state index is 11.7. The first-order valence-electron chi connectivity index (χ1n) is 6.67. The van der Waals surface area contributed by atoms with E-state index in [0.29, 0.717) is 18.7 Å². The van der Waals surface area contributed by atoms with E-state index in [1.54, 1.807) is 42.5 Å². The summed E-state index contributed by atoms with van der Waals surface area (Å²) in [6, 6.07) is 13.7. The predicted molar refractivity (Wildman–Crippen MR) is 87.6 cm³/mol. The first-order valence-corrected chi connectivity index (χ1v) is 7.46. The number of halogens is 1. The minimum Gasteiger partial charge on any atom is -0.508 e. The lowest BCUT2D eigenvalue weighted by Gasteiger charge is -2.07. The molecule has 0 aliphatic carbocycles. The van der Waals surface area contributed by atoms with Crippen LogP contribution in [0.1, 0.15) is 5.56 Å². The van der Waals surface area contributed by atoms with Crippen molar-refractivity contribution in [1.82, 2.24) is 5.32 Å². The van der Waals surface area contributed by atoms with Crippen LogP contribution in [0.25, 0.3) is 0 Å². The number of hydrogen-bond donors (Lipinski definition) is 3. The standard InChI is InChI=1S/C16H15BrN2O3/c17-12-2-1-3-13(10-12)19-16(22)15(21)18-9-8-11-4-6-14(20)7-5-11/h1-7,10,20H,8-9H2,(H,18,21)(H,19,22). The van der Waals surface area contributed by atoms with E-state index in [0.717, 1.165) is 10.0 Å². The fraction of sp³-hybridized carbons (Fsp3) is 0.125. The van der Waals surface area contributed by atoms with Crippen LogP contribution in [0, 0.1) is 0 Å². The third kappa shape index (κ3) is 4.89. The summed E-state index contributed by atoms with van der Waals surface area (Å²) in [6.07, 6.45) is 0.580. The molecule has 0 aliphatic rings. The molecule has 2 aromatic rings. The SMILES string of the molecule is O=C(NCCc1ccc(O)cc1)C(=O)Nc1cccc(Br)c1. The summed E-state index contributed by atoms with van der Waals surface area (Å²) in [7, 11) is 0. The number of carbonyl (C=O) groups is 2. The van der Waals surface area contributed by atoms with Gasteiger partial charge in [-0.15, -0.1) is 0 Å². The van der Waals surface area contributed by atoms with Crippen molar-refractivity contribution in [2.75, 3.05) is 11.9 Å². The van der Waals surface area contributed by atoms with Crippen molar-refractivity contribution in [1.29, 1.82) is 0 Å². The summed E-state index contributed by atoms with van der Waals surface area (Å²) in [5.74, 6) is -1.19. The Hall–Kier alpha value is -2.34. The van der Waals surface area contributed by atoms with E-state index in [1.165, 1.54) is 0 Å². The molecule has 0 saturated heterocycles. The summed E-state index contributed by atoms with van der Waals surface area (Å²) >= 11 is 3.29. The first kappa shape index (κ1) is 16.0. The highest BCUT2D eigenvalue weighted by Gasteiger charge is 2.13. The highest BCUT2D eigenvalue weighted by molar-refractivity contribution is 9.10. The van der Waals surface area contributed by atoms with Gasteiger partial charge in [-0.05, 0) is 42.3 Å². The molecule has 2 rings (SSSR count). The van der Waals surface area contributed by atoms with Crippen LogP contribution >= 0.6 is 15.9 Å². The van der Waals surface area contributed by atoms with Gasteiger partial charge in [0, 0.05) is 16.7 Å². The summed E-state index contributed by atoms with van der Waals surface area (Å²) in [5.41, 5.74) is 1.51. The molecule has 6 heteroatoms. The predicted octanol–water partition coefficient (Wildman–Crippen LogP) is 2.45. The number of benzene rings is 2. The molecule has 0 spiro atoms. The fourth-order valence-electron chi connectivity index (χ4n) is 1.82. The van der Waals surface area contributed by atoms with Crippen LogP contribution in [0.3, 0.4) is 0 Å². The quantitative estimate of drug-likeness (QED) is 0.731. The molecule has 0 atom stereocenters. The van der Waals surface area contributed by atoms with E-state index >= 15 is 0 Å². The Morgan fingerprint density at radius 1 is 1.05 bits per heavy atom. The topological polar surface area (TPSA) is 78.4 Å². The van der Waals surface area contributed by atoms with Crippen LogP contribution in [0.15, 0.2) is 53.0 Å². The van der Waals surface area contributed by atoms with Gasteiger partial charge in [-0.2, -0.15) is 0 Å². The Kier molecular flexibility index (Phi) is 5.55. The van der Waals surface area contributed by atoms with E-state index in [1.807, 2.05) is 6.07 Å². The summed E-state index contributed by atoms with van der Waals surface area (Å²) in [4.78, 5) is 23.4. The van der Waals surface area contributed by atoms with Crippen molar-refractivity contribution in [2.45, 2.75) is 6.42 Å². The van der Waals surface area contributed by atoms with E-state index in [-0.39, 0.29) is 5.75 Å². The van der Waals surface area contributed by atoms with Gasteiger partial charge in [-0.3, -0.25) is 9.59 Å². The second-order valence-corrected chi connectivity index (χ2v) is 5.55. The number of phenolic OH excluding ortho intramolecular Hbond substituents is 1. The van der Waals surface area contributed by atoms with E-state index in [2.05, 4.69) is 26.6 Å². The van der Waals surface area contributed by atoms with Gasteiger partial charge in [-0.25, -0.2) is 0 Å². The maximum Gasteiger partial charge on any atom is 0.313 e. The average Bonchev–Trinajstić information content (AvgIpc) is 2.49. The summed E-state index contributed by atoms with van der Waals surface area (Å²) in [6.45, 7) is 0.343. The summed E-state index contributed by atoms with van der Waals surface area (Å²) < 4.78 is 0.818. The zero-order valence-corrected chi connectivity index (χ0v) is 13.3. The van der Waals surface area contributed by atoms with Crippen LogP contribution in [-0.2, 0) is 16.0 Å². The van der Waals surface area contributed by atoms with E-state index in [4.69, 9.17) is 0 Å². The lowest BCUT2D eigenvalue weighted by molar-refractivity contribution is -0.136. The third-order valence-electron chi connectivity index (χ3n) is 2.92. The zero-order valence-electron chi connectivity index (χ0n) is 11.7. The van der Waals surface area contributed by atoms with Crippen LogP contribution < -0.4 is 10.6 Å². The van der Waals surface area contributed by atoms with Gasteiger partial charge < -0.3 is 15.7 Å². The number of amides is 2. The molecule has 22 heavy (non-hydrogen) atoms. The molecule has 114 valence electrons. The molecule has 0 saturated carbocycles. The van der Waals surface area contributed by atoms with Crippen molar-refractivity contribution >= 4 is 33.4 Å². The number of rotatable bonds is 4. The average molecular weight is 363 g/mol. The number of phenols is 1. The Morgan fingerprint density at radius 3 is 2.45 bits per heavy atom. The molecule has 0 heterocycles.